The average molecular weight is 763 g/mol. The van der Waals surface area contributed by atoms with Crippen LogP contribution in [0.3, 0.4) is 0 Å². The second kappa shape index (κ2) is 15.8. The lowest BCUT2D eigenvalue weighted by molar-refractivity contribution is -0.140. The Bertz CT molecular complexity index is 2410. The number of benzene rings is 4. The highest BCUT2D eigenvalue weighted by Crippen LogP contribution is 2.39. The maximum Gasteiger partial charge on any atom is 0.341 e. The van der Waals surface area contributed by atoms with Gasteiger partial charge < -0.3 is 49.8 Å². The highest BCUT2D eigenvalue weighted by molar-refractivity contribution is 6.45. The number of aliphatic carboxylic acids is 2. The minimum absolute atomic E-state index is 0.0433. The zero-order chi connectivity index (χ0) is 40.3. The Hall–Kier alpha value is -7.62. The number of Topliss-reactive ketones (excluding diaryl/α,β-unsaturated/α-hetero) is 2. The summed E-state index contributed by atoms with van der Waals surface area (Å²) in [5.74, 6) is -5.88. The van der Waals surface area contributed by atoms with E-state index in [4.69, 9.17) is 30.4 Å². The topological polar surface area (TPSA) is 242 Å². The van der Waals surface area contributed by atoms with E-state index < -0.39 is 48.5 Å². The summed E-state index contributed by atoms with van der Waals surface area (Å²) in [5, 5.41) is 18.8. The number of para-hydroxylation sites is 2. The number of nitrogens with two attached hydrogens (primary N) is 2. The maximum absolute atomic E-state index is 13.0. The Morgan fingerprint density at radius 1 is 0.518 bits per heavy atom. The van der Waals surface area contributed by atoms with Crippen LogP contribution >= 0.6 is 0 Å². The Labute approximate surface area is 317 Å². The average Bonchev–Trinajstić information content (AvgIpc) is 3.63. The number of carbonyl (C=O) groups excluding carboxylic acids is 4. The number of nitrogens with zero attached hydrogens (tertiary/aromatic N) is 2. The van der Waals surface area contributed by atoms with Crippen LogP contribution in [-0.2, 0) is 32.6 Å². The van der Waals surface area contributed by atoms with Crippen molar-refractivity contribution in [1.29, 1.82) is 0 Å². The van der Waals surface area contributed by atoms with Crippen LogP contribution in [0.1, 0.15) is 32.1 Å². The van der Waals surface area contributed by atoms with Crippen molar-refractivity contribution in [2.75, 3.05) is 13.2 Å². The molecule has 0 aliphatic heterocycles. The van der Waals surface area contributed by atoms with Gasteiger partial charge in [-0.05, 0) is 50.2 Å². The number of rotatable bonds is 17. The molecule has 0 aliphatic carbocycles. The van der Waals surface area contributed by atoms with Crippen molar-refractivity contribution < 1.29 is 57.9 Å². The quantitative estimate of drug-likeness (QED) is 0.0755. The molecule has 2 amide bonds. The molecular weight excluding hydrogens is 728 g/mol. The number of carboxylic acids is 2. The molecule has 6 aromatic rings. The summed E-state index contributed by atoms with van der Waals surface area (Å²) in [6.07, 6.45) is 0. The van der Waals surface area contributed by atoms with Crippen LogP contribution in [0.4, 0.5) is 0 Å². The summed E-state index contributed by atoms with van der Waals surface area (Å²) < 4.78 is 26.9. The molecular formula is C40H34N4O12. The number of ether oxygens (including phenoxy) is 4. The predicted octanol–water partition coefficient (Wildman–Crippen LogP) is 4.22. The Balaban J connectivity index is 1.35. The Kier molecular flexibility index (Phi) is 10.7. The molecule has 2 aromatic heterocycles. The highest BCUT2D eigenvalue weighted by Gasteiger charge is 2.28. The van der Waals surface area contributed by atoms with E-state index in [1.54, 1.807) is 83.6 Å². The third-order valence-corrected chi connectivity index (χ3v) is 8.99. The molecule has 0 saturated carbocycles. The molecule has 0 aliphatic rings. The predicted molar refractivity (Wildman–Crippen MR) is 200 cm³/mol. The molecule has 0 atom stereocenters. The maximum atomic E-state index is 13.0. The van der Waals surface area contributed by atoms with E-state index in [0.29, 0.717) is 45.0 Å². The van der Waals surface area contributed by atoms with Gasteiger partial charge in [0.25, 0.3) is 23.4 Å². The number of hydrogen-bond acceptors (Lipinski definition) is 10. The number of fused-ring (bicyclic) bond motifs is 2. The van der Waals surface area contributed by atoms with Crippen LogP contribution in [0, 0.1) is 13.8 Å². The first-order chi connectivity index (χ1) is 26.8. The summed E-state index contributed by atoms with van der Waals surface area (Å²) in [5.41, 5.74) is 13.4. The van der Waals surface area contributed by atoms with Gasteiger partial charge in [-0.3, -0.25) is 19.2 Å². The lowest BCUT2D eigenvalue weighted by Gasteiger charge is -2.18. The van der Waals surface area contributed by atoms with Crippen molar-refractivity contribution in [3.63, 3.8) is 0 Å². The molecule has 286 valence electrons. The van der Waals surface area contributed by atoms with Gasteiger partial charge in [0.05, 0.1) is 32.9 Å². The van der Waals surface area contributed by atoms with E-state index in [9.17, 15) is 39.0 Å². The molecule has 4 aromatic carbocycles. The van der Waals surface area contributed by atoms with Crippen LogP contribution in [0.25, 0.3) is 32.9 Å². The van der Waals surface area contributed by atoms with Gasteiger partial charge in [0, 0.05) is 22.5 Å². The Morgan fingerprint density at radius 2 is 0.875 bits per heavy atom. The standard InChI is InChI=1S/C40H34N4O12/c1-21-33(37(49)39(41)51)35-25(11-7-15-29(35)53-17-31(45)46)43(21)19-55-27-13-5-3-9-23(27)24-10-4-6-14-28(24)56-20-44-22(2)34(38(50)40(42)52)36-26(44)12-8-16-30(36)54-18-32(47)48/h3-16H,17-20H2,1-2H3,(H2,41,51)(H2,42,52)(H,45,46)(H,47,48). The van der Waals surface area contributed by atoms with Gasteiger partial charge in [-0.15, -0.1) is 0 Å². The van der Waals surface area contributed by atoms with E-state index in [1.807, 2.05) is 12.1 Å². The van der Waals surface area contributed by atoms with Gasteiger partial charge in [-0.2, -0.15) is 0 Å². The molecule has 56 heavy (non-hydrogen) atoms. The zero-order valence-electron chi connectivity index (χ0n) is 29.9. The summed E-state index contributed by atoms with van der Waals surface area (Å²) in [7, 11) is 0. The minimum Gasteiger partial charge on any atom is -0.481 e. The lowest BCUT2D eigenvalue weighted by Crippen LogP contribution is -2.24. The van der Waals surface area contributed by atoms with Crippen molar-refractivity contribution in [1.82, 2.24) is 9.13 Å². The molecule has 0 spiro atoms. The van der Waals surface area contributed by atoms with Gasteiger partial charge in [0.15, 0.2) is 26.7 Å². The number of carbonyl (C=O) groups is 6. The number of ketones is 2. The zero-order valence-corrected chi connectivity index (χ0v) is 29.9. The summed E-state index contributed by atoms with van der Waals surface area (Å²) in [4.78, 5) is 72.8. The first kappa shape index (κ1) is 38.1. The summed E-state index contributed by atoms with van der Waals surface area (Å²) in [6.45, 7) is 1.52. The number of amides is 2. The minimum atomic E-state index is -1.23. The second-order valence-electron chi connectivity index (χ2n) is 12.4. The largest absolute Gasteiger partial charge is 0.481 e. The SMILES string of the molecule is Cc1c(C(=O)C(N)=O)c2c(OCC(=O)O)cccc2n1COc1ccccc1-c1ccccc1OCn1c(C)c(C(=O)C(N)=O)c2c(OCC(=O)O)cccc21. The lowest BCUT2D eigenvalue weighted by atomic mass is 10.0. The summed E-state index contributed by atoms with van der Waals surface area (Å²) in [6, 6.07) is 23.7. The van der Waals surface area contributed by atoms with Crippen molar-refractivity contribution >= 4 is 57.1 Å². The molecule has 0 saturated heterocycles. The molecule has 6 N–H and O–H groups in total. The summed E-state index contributed by atoms with van der Waals surface area (Å²) >= 11 is 0. The van der Waals surface area contributed by atoms with Crippen LogP contribution < -0.4 is 30.4 Å². The van der Waals surface area contributed by atoms with Crippen molar-refractivity contribution in [2.24, 2.45) is 11.5 Å². The monoisotopic (exact) mass is 762 g/mol. The fraction of sp³-hybridized carbons (Fsp3) is 0.150. The third kappa shape index (κ3) is 7.30. The molecule has 2 heterocycles. The van der Waals surface area contributed by atoms with E-state index in [0.717, 1.165) is 0 Å². The van der Waals surface area contributed by atoms with E-state index in [1.165, 1.54) is 12.1 Å². The van der Waals surface area contributed by atoms with Crippen LogP contribution in [0.15, 0.2) is 84.9 Å². The first-order valence-electron chi connectivity index (χ1n) is 16.8. The smallest absolute Gasteiger partial charge is 0.341 e. The van der Waals surface area contributed by atoms with Crippen LogP contribution in [-0.4, -0.2) is 67.9 Å². The number of primary amides is 2. The number of hydrogen-bond donors (Lipinski definition) is 4. The Morgan fingerprint density at radius 3 is 1.23 bits per heavy atom. The molecule has 0 unspecified atom stereocenters. The van der Waals surface area contributed by atoms with Gasteiger partial charge in [0.1, 0.15) is 23.0 Å². The van der Waals surface area contributed by atoms with Gasteiger partial charge in [0.2, 0.25) is 0 Å². The fourth-order valence-electron chi connectivity index (χ4n) is 6.54. The van der Waals surface area contributed by atoms with Crippen LogP contribution in [0.2, 0.25) is 0 Å². The van der Waals surface area contributed by atoms with Crippen molar-refractivity contribution in [3.8, 4) is 34.1 Å². The van der Waals surface area contributed by atoms with Gasteiger partial charge in [-0.25, -0.2) is 9.59 Å². The molecule has 16 nitrogen and oxygen atoms in total. The normalized spacial score (nSPS) is 11.0. The van der Waals surface area contributed by atoms with Crippen molar-refractivity contribution in [2.45, 2.75) is 27.3 Å². The fourth-order valence-corrected chi connectivity index (χ4v) is 6.54. The van der Waals surface area contributed by atoms with Gasteiger partial charge >= 0.3 is 11.9 Å². The highest BCUT2D eigenvalue weighted by atomic mass is 16.5. The molecule has 0 bridgehead atoms. The number of carboxylic acid groups (broad SMARTS) is 2. The molecule has 16 heteroatoms. The van der Waals surface area contributed by atoms with Crippen molar-refractivity contribution in [3.05, 3.63) is 107 Å². The van der Waals surface area contributed by atoms with E-state index in [-0.39, 0.29) is 46.9 Å². The second-order valence-corrected chi connectivity index (χ2v) is 12.4. The molecule has 0 fully saturated rings. The molecule has 6 rings (SSSR count). The third-order valence-electron chi connectivity index (χ3n) is 8.99. The molecule has 0 radical (unpaired) electrons. The van der Waals surface area contributed by atoms with E-state index in [2.05, 4.69) is 0 Å². The van der Waals surface area contributed by atoms with Crippen LogP contribution in [0.5, 0.6) is 23.0 Å². The number of aromatic nitrogens is 2. The van der Waals surface area contributed by atoms with E-state index >= 15 is 0 Å². The first-order valence-corrected chi connectivity index (χ1v) is 16.8. The van der Waals surface area contributed by atoms with Gasteiger partial charge in [-0.1, -0.05) is 48.5 Å².